The van der Waals surface area contributed by atoms with E-state index < -0.39 is 7.37 Å². The molecule has 0 heterocycles. The van der Waals surface area contributed by atoms with Crippen LogP contribution >= 0.6 is 7.37 Å². The molecule has 0 bridgehead atoms. The first-order valence-corrected chi connectivity index (χ1v) is 12.1. The van der Waals surface area contributed by atoms with E-state index in [1.54, 1.807) is 13.3 Å². The van der Waals surface area contributed by atoms with E-state index in [4.69, 9.17) is 4.52 Å². The Morgan fingerprint density at radius 3 is 1.41 bits per heavy atom. The monoisotopic (exact) mass is 435 g/mol. The van der Waals surface area contributed by atoms with Crippen LogP contribution < -0.4 is 0 Å². The summed E-state index contributed by atoms with van der Waals surface area (Å²) < 4.78 is 17.0. The largest absolute Gasteiger partial charge is 0.331 e. The lowest BCUT2D eigenvalue weighted by atomic mass is 10.2. The molecule has 0 aliphatic heterocycles. The minimum Gasteiger partial charge on any atom is -0.331 e. The molecule has 4 nitrogen and oxygen atoms in total. The van der Waals surface area contributed by atoms with Gasteiger partial charge < -0.3 is 13.9 Å². The molecule has 0 N–H and O–H groups in total. The standard InChI is InChI=1S/C8H18N.C7H15N.C7H15O2P.2CH4/c1-8(2)6-7-9(3,4)5;1-7(2)5-6-8(3)4;1-7(2)5-6-9-10(3,4)8;;/h1,6-7H2,2-5H3;1,5-6H2,2-4H3;1,5-6H2,2-4H3;2*1H4/q+1;;;;. The minimum atomic E-state index is -2.26. The van der Waals surface area contributed by atoms with E-state index in [1.165, 1.54) is 17.7 Å². The van der Waals surface area contributed by atoms with E-state index in [9.17, 15) is 4.57 Å². The molecule has 0 aliphatic rings. The highest BCUT2D eigenvalue weighted by atomic mass is 31.2. The van der Waals surface area contributed by atoms with Gasteiger partial charge >= 0.3 is 0 Å². The van der Waals surface area contributed by atoms with E-state index in [1.807, 2.05) is 6.92 Å². The zero-order valence-corrected chi connectivity index (χ0v) is 20.9. The molecule has 0 saturated carbocycles. The Balaban J connectivity index is -0.0000000966. The third-order valence-electron chi connectivity index (χ3n) is 3.13. The third kappa shape index (κ3) is 58.4. The van der Waals surface area contributed by atoms with Crippen molar-refractivity contribution in [3.63, 3.8) is 0 Å². The van der Waals surface area contributed by atoms with Crippen LogP contribution in [0.1, 0.15) is 54.9 Å². The van der Waals surface area contributed by atoms with Gasteiger partial charge in [0.25, 0.3) is 0 Å². The van der Waals surface area contributed by atoms with Crippen LogP contribution in [0.2, 0.25) is 0 Å². The lowest BCUT2D eigenvalue weighted by Gasteiger charge is -2.23. The molecule has 0 spiro atoms. The third-order valence-corrected chi connectivity index (χ3v) is 3.93. The van der Waals surface area contributed by atoms with Gasteiger partial charge in [-0.05, 0) is 47.7 Å². The van der Waals surface area contributed by atoms with Crippen molar-refractivity contribution in [3.8, 4) is 0 Å². The van der Waals surface area contributed by atoms with Crippen LogP contribution in [0.25, 0.3) is 0 Å². The van der Waals surface area contributed by atoms with Gasteiger partial charge in [-0.25, -0.2) is 0 Å². The van der Waals surface area contributed by atoms with Crippen molar-refractivity contribution in [2.75, 3.05) is 68.3 Å². The molecule has 0 aromatic rings. The fraction of sp³-hybridized carbons (Fsp3) is 0.750. The molecular formula is C24H56N2O2P+. The van der Waals surface area contributed by atoms with Crippen LogP contribution in [0.15, 0.2) is 36.5 Å². The van der Waals surface area contributed by atoms with E-state index >= 15 is 0 Å². The number of hydrogen-bond acceptors (Lipinski definition) is 3. The highest BCUT2D eigenvalue weighted by Crippen LogP contribution is 2.37. The van der Waals surface area contributed by atoms with Gasteiger partial charge in [0.15, 0.2) is 7.37 Å². The Bertz CT molecular complexity index is 472. The molecule has 0 aromatic heterocycles. The lowest BCUT2D eigenvalue weighted by molar-refractivity contribution is -0.870. The number of rotatable bonds is 10. The summed E-state index contributed by atoms with van der Waals surface area (Å²) in [6.07, 6.45) is 3.06. The number of hydrogen-bond donors (Lipinski definition) is 0. The normalized spacial score (nSPS) is 10.3. The Morgan fingerprint density at radius 2 is 1.24 bits per heavy atom. The van der Waals surface area contributed by atoms with Crippen molar-refractivity contribution < 1.29 is 13.6 Å². The molecule has 0 aliphatic carbocycles. The average molecular weight is 436 g/mol. The molecule has 0 saturated heterocycles. The second-order valence-electron chi connectivity index (χ2n) is 9.02. The maximum absolute atomic E-state index is 10.9. The van der Waals surface area contributed by atoms with Crippen LogP contribution in [0, 0.1) is 0 Å². The van der Waals surface area contributed by atoms with Gasteiger partial charge in [0.2, 0.25) is 0 Å². The summed E-state index contributed by atoms with van der Waals surface area (Å²) in [4.78, 5) is 2.16. The Labute approximate surface area is 185 Å². The Hall–Kier alpha value is -0.670. The Morgan fingerprint density at radius 1 is 0.862 bits per heavy atom. The first kappa shape index (κ1) is 38.9. The predicted molar refractivity (Wildman–Crippen MR) is 139 cm³/mol. The molecule has 0 atom stereocenters. The molecular weight excluding hydrogens is 379 g/mol. The molecule has 0 radical (unpaired) electrons. The minimum absolute atomic E-state index is 0. The fourth-order valence-electron chi connectivity index (χ4n) is 1.38. The average Bonchev–Trinajstić information content (AvgIpc) is 2.42. The molecule has 0 unspecified atom stereocenters. The summed E-state index contributed by atoms with van der Waals surface area (Å²) in [7, 11) is 8.47. The van der Waals surface area contributed by atoms with Crippen molar-refractivity contribution in [1.82, 2.24) is 4.90 Å². The van der Waals surface area contributed by atoms with E-state index in [0.29, 0.717) is 6.61 Å². The van der Waals surface area contributed by atoms with Gasteiger partial charge in [0, 0.05) is 26.3 Å². The summed E-state index contributed by atoms with van der Waals surface area (Å²) in [6.45, 7) is 23.5. The molecule has 29 heavy (non-hydrogen) atoms. The first-order valence-electron chi connectivity index (χ1n) is 9.54. The van der Waals surface area contributed by atoms with Crippen molar-refractivity contribution in [2.24, 2.45) is 0 Å². The van der Waals surface area contributed by atoms with Gasteiger partial charge in [-0.2, -0.15) is 0 Å². The van der Waals surface area contributed by atoms with E-state index in [-0.39, 0.29) is 14.9 Å². The van der Waals surface area contributed by atoms with Crippen LogP contribution in [0.4, 0.5) is 0 Å². The maximum atomic E-state index is 10.9. The quantitative estimate of drug-likeness (QED) is 0.211. The van der Waals surface area contributed by atoms with Gasteiger partial charge in [-0.3, -0.25) is 4.57 Å². The molecule has 0 fully saturated rings. The smallest absolute Gasteiger partial charge is 0.197 e. The van der Waals surface area contributed by atoms with Crippen LogP contribution in [0.3, 0.4) is 0 Å². The Kier molecular flexibility index (Phi) is 27.6. The first-order chi connectivity index (χ1) is 12.0. The fourth-order valence-corrected chi connectivity index (χ4v) is 1.91. The zero-order chi connectivity index (χ0) is 22.3. The van der Waals surface area contributed by atoms with E-state index in [2.05, 4.69) is 73.7 Å². The van der Waals surface area contributed by atoms with Crippen molar-refractivity contribution in [2.45, 2.75) is 54.9 Å². The molecule has 178 valence electrons. The van der Waals surface area contributed by atoms with Crippen molar-refractivity contribution >= 4 is 7.37 Å². The van der Waals surface area contributed by atoms with E-state index in [0.717, 1.165) is 35.9 Å². The molecule has 0 aromatic carbocycles. The second-order valence-corrected chi connectivity index (χ2v) is 11.8. The van der Waals surface area contributed by atoms with Crippen LogP contribution in [-0.2, 0) is 9.09 Å². The van der Waals surface area contributed by atoms with Crippen LogP contribution in [0.5, 0.6) is 0 Å². The van der Waals surface area contributed by atoms with Gasteiger partial charge in [-0.1, -0.05) is 38.2 Å². The predicted octanol–water partition coefficient (Wildman–Crippen LogP) is 6.95. The summed E-state index contributed by atoms with van der Waals surface area (Å²) in [5.74, 6) is 0. The number of quaternary nitrogens is 1. The summed E-state index contributed by atoms with van der Waals surface area (Å²) in [5.41, 5.74) is 3.61. The van der Waals surface area contributed by atoms with Crippen LogP contribution in [-0.4, -0.2) is 77.6 Å². The van der Waals surface area contributed by atoms with Crippen molar-refractivity contribution in [1.29, 1.82) is 0 Å². The summed E-state index contributed by atoms with van der Waals surface area (Å²) in [5, 5.41) is 0. The number of nitrogens with zero attached hydrogens (tertiary/aromatic N) is 2. The SMILES string of the molecule is C.C.C=C(C)CCN(C)C.C=C(C)CCOP(C)(C)=O.C=C(C)CC[N+](C)(C)C. The topological polar surface area (TPSA) is 29.5 Å². The zero-order valence-electron chi connectivity index (χ0n) is 20.0. The lowest BCUT2D eigenvalue weighted by Crippen LogP contribution is -2.35. The summed E-state index contributed by atoms with van der Waals surface area (Å²) >= 11 is 0. The van der Waals surface area contributed by atoms with Crippen molar-refractivity contribution in [3.05, 3.63) is 36.5 Å². The highest BCUT2D eigenvalue weighted by molar-refractivity contribution is 7.57. The second kappa shape index (κ2) is 20.6. The maximum Gasteiger partial charge on any atom is 0.197 e. The highest BCUT2D eigenvalue weighted by Gasteiger charge is 2.05. The van der Waals surface area contributed by atoms with Gasteiger partial charge in [-0.15, -0.1) is 13.2 Å². The van der Waals surface area contributed by atoms with Gasteiger partial charge in [0.1, 0.15) is 0 Å². The molecule has 0 rings (SSSR count). The molecule has 0 amide bonds. The summed E-state index contributed by atoms with van der Waals surface area (Å²) in [6, 6.07) is 0. The molecule has 5 heteroatoms. The van der Waals surface area contributed by atoms with Gasteiger partial charge in [0.05, 0.1) is 34.3 Å².